The second-order valence-electron chi connectivity index (χ2n) is 5.03. The Hall–Kier alpha value is -1.93. The van der Waals surface area contributed by atoms with Gasteiger partial charge in [-0.05, 0) is 42.3 Å². The molecular formula is C17H16ClFN2O. The Labute approximate surface area is 134 Å². The number of hydrogen-bond donors (Lipinski definition) is 2. The van der Waals surface area contributed by atoms with E-state index < -0.39 is 5.82 Å². The lowest BCUT2D eigenvalue weighted by Gasteiger charge is -2.22. The first-order valence-electron chi connectivity index (χ1n) is 6.87. The van der Waals surface area contributed by atoms with Gasteiger partial charge in [-0.2, -0.15) is 5.26 Å². The molecule has 22 heavy (non-hydrogen) atoms. The van der Waals surface area contributed by atoms with Gasteiger partial charge < -0.3 is 10.4 Å². The Morgan fingerprint density at radius 2 is 1.86 bits per heavy atom. The van der Waals surface area contributed by atoms with Gasteiger partial charge in [0.15, 0.2) is 0 Å². The van der Waals surface area contributed by atoms with E-state index in [1.54, 1.807) is 24.3 Å². The summed E-state index contributed by atoms with van der Waals surface area (Å²) >= 11 is 5.86. The van der Waals surface area contributed by atoms with Gasteiger partial charge >= 0.3 is 0 Å². The number of aliphatic hydroxyl groups excluding tert-OH is 1. The smallest absolute Gasteiger partial charge is 0.141 e. The summed E-state index contributed by atoms with van der Waals surface area (Å²) in [6.07, 6.45) is 0. The molecule has 0 aliphatic carbocycles. The quantitative estimate of drug-likeness (QED) is 0.883. The number of nitriles is 1. The van der Waals surface area contributed by atoms with E-state index in [-0.39, 0.29) is 24.3 Å². The zero-order chi connectivity index (χ0) is 16.1. The summed E-state index contributed by atoms with van der Waals surface area (Å²) < 4.78 is 13.7. The number of aliphatic hydroxyl groups is 1. The number of halogens is 2. The van der Waals surface area contributed by atoms with Crippen LogP contribution in [0.15, 0.2) is 42.5 Å². The van der Waals surface area contributed by atoms with Crippen LogP contribution in [-0.4, -0.2) is 11.7 Å². The molecule has 0 fully saturated rings. The van der Waals surface area contributed by atoms with E-state index in [2.05, 4.69) is 5.32 Å². The molecule has 2 rings (SSSR count). The molecule has 0 saturated carbocycles. The molecule has 2 aromatic rings. The van der Waals surface area contributed by atoms with Crippen molar-refractivity contribution < 1.29 is 9.50 Å². The maximum atomic E-state index is 13.7. The third kappa shape index (κ3) is 3.83. The van der Waals surface area contributed by atoms with Crippen molar-refractivity contribution >= 4 is 11.6 Å². The molecule has 114 valence electrons. The van der Waals surface area contributed by atoms with Gasteiger partial charge in [0.05, 0.1) is 18.2 Å². The van der Waals surface area contributed by atoms with Crippen LogP contribution < -0.4 is 5.32 Å². The van der Waals surface area contributed by atoms with Crippen molar-refractivity contribution in [1.82, 2.24) is 5.32 Å². The third-order valence-electron chi connectivity index (χ3n) is 3.52. The van der Waals surface area contributed by atoms with Crippen LogP contribution in [0.5, 0.6) is 0 Å². The SMILES string of the molecule is CC(NC(CO)c1ccc(Cl)cc1)c1ccc(C#N)c(F)c1. The molecule has 0 heterocycles. The summed E-state index contributed by atoms with van der Waals surface area (Å²) in [6, 6.07) is 13.0. The zero-order valence-electron chi connectivity index (χ0n) is 12.1. The average molecular weight is 319 g/mol. The molecule has 0 amide bonds. The van der Waals surface area contributed by atoms with Gasteiger partial charge in [0.1, 0.15) is 11.9 Å². The van der Waals surface area contributed by atoms with Gasteiger partial charge in [0.2, 0.25) is 0 Å². The minimum Gasteiger partial charge on any atom is -0.394 e. The topological polar surface area (TPSA) is 56.0 Å². The molecule has 5 heteroatoms. The van der Waals surface area contributed by atoms with Gasteiger partial charge in [-0.25, -0.2) is 4.39 Å². The summed E-state index contributed by atoms with van der Waals surface area (Å²) in [5.74, 6) is -0.541. The fraction of sp³-hybridized carbons (Fsp3) is 0.235. The van der Waals surface area contributed by atoms with Gasteiger partial charge in [-0.3, -0.25) is 0 Å². The highest BCUT2D eigenvalue weighted by Crippen LogP contribution is 2.22. The summed E-state index contributed by atoms with van der Waals surface area (Å²) in [4.78, 5) is 0. The van der Waals surface area contributed by atoms with E-state index >= 15 is 0 Å². The molecule has 0 aliphatic heterocycles. The predicted molar refractivity (Wildman–Crippen MR) is 83.9 cm³/mol. The lowest BCUT2D eigenvalue weighted by molar-refractivity contribution is 0.235. The lowest BCUT2D eigenvalue weighted by Crippen LogP contribution is -2.27. The number of nitrogens with one attached hydrogen (secondary N) is 1. The van der Waals surface area contributed by atoms with E-state index in [1.165, 1.54) is 12.1 Å². The molecular weight excluding hydrogens is 303 g/mol. The normalized spacial score (nSPS) is 13.4. The molecule has 0 aromatic heterocycles. The van der Waals surface area contributed by atoms with Crippen molar-refractivity contribution in [3.05, 3.63) is 70.0 Å². The first-order valence-corrected chi connectivity index (χ1v) is 7.25. The number of nitrogens with zero attached hydrogens (tertiary/aromatic N) is 1. The molecule has 3 nitrogen and oxygen atoms in total. The van der Waals surface area contributed by atoms with E-state index in [9.17, 15) is 9.50 Å². The second kappa shape index (κ2) is 7.37. The molecule has 2 N–H and O–H groups in total. The van der Waals surface area contributed by atoms with E-state index in [4.69, 9.17) is 16.9 Å². The third-order valence-corrected chi connectivity index (χ3v) is 3.77. The van der Waals surface area contributed by atoms with Crippen molar-refractivity contribution in [2.45, 2.75) is 19.0 Å². The summed E-state index contributed by atoms with van der Waals surface area (Å²) in [5.41, 5.74) is 1.63. The monoisotopic (exact) mass is 318 g/mol. The van der Waals surface area contributed by atoms with E-state index in [0.29, 0.717) is 10.6 Å². The fourth-order valence-corrected chi connectivity index (χ4v) is 2.36. The minimum atomic E-state index is -0.541. The van der Waals surface area contributed by atoms with Crippen LogP contribution in [0.1, 0.15) is 35.7 Å². The largest absolute Gasteiger partial charge is 0.394 e. The molecule has 0 radical (unpaired) electrons. The molecule has 0 bridgehead atoms. The van der Waals surface area contributed by atoms with Crippen LogP contribution in [0, 0.1) is 17.1 Å². The average Bonchev–Trinajstić information content (AvgIpc) is 2.53. The molecule has 0 aliphatic rings. The van der Waals surface area contributed by atoms with Crippen LogP contribution >= 0.6 is 11.6 Å². The number of rotatable bonds is 5. The Bertz CT molecular complexity index is 682. The van der Waals surface area contributed by atoms with Crippen molar-refractivity contribution in [2.24, 2.45) is 0 Å². The summed E-state index contributed by atoms with van der Waals surface area (Å²) in [5, 5.41) is 22.2. The van der Waals surface area contributed by atoms with Crippen LogP contribution in [0.2, 0.25) is 5.02 Å². The molecule has 2 aromatic carbocycles. The standard InChI is InChI=1S/C17H16ClFN2O/c1-11(13-2-3-14(9-20)16(19)8-13)21-17(10-22)12-4-6-15(18)7-5-12/h2-8,11,17,21-22H,10H2,1H3. The van der Waals surface area contributed by atoms with Crippen molar-refractivity contribution in [3.63, 3.8) is 0 Å². The minimum absolute atomic E-state index is 0.0207. The number of benzene rings is 2. The maximum Gasteiger partial charge on any atom is 0.141 e. The van der Waals surface area contributed by atoms with E-state index in [1.807, 2.05) is 19.1 Å². The van der Waals surface area contributed by atoms with Gasteiger partial charge in [0, 0.05) is 11.1 Å². The maximum absolute atomic E-state index is 13.7. The first-order chi connectivity index (χ1) is 10.5. The highest BCUT2D eigenvalue weighted by Gasteiger charge is 2.15. The van der Waals surface area contributed by atoms with Crippen LogP contribution in [0.4, 0.5) is 4.39 Å². The zero-order valence-corrected chi connectivity index (χ0v) is 12.8. The highest BCUT2D eigenvalue weighted by molar-refractivity contribution is 6.30. The van der Waals surface area contributed by atoms with Gasteiger partial charge in [-0.15, -0.1) is 0 Å². The fourth-order valence-electron chi connectivity index (χ4n) is 2.24. The second-order valence-corrected chi connectivity index (χ2v) is 5.46. The van der Waals surface area contributed by atoms with E-state index in [0.717, 1.165) is 5.56 Å². The molecule has 2 unspecified atom stereocenters. The molecule has 0 saturated heterocycles. The predicted octanol–water partition coefficient (Wildman–Crippen LogP) is 3.73. The van der Waals surface area contributed by atoms with Crippen molar-refractivity contribution in [3.8, 4) is 6.07 Å². The Balaban J connectivity index is 2.15. The van der Waals surface area contributed by atoms with Crippen molar-refractivity contribution in [1.29, 1.82) is 5.26 Å². The van der Waals surface area contributed by atoms with Gasteiger partial charge in [-0.1, -0.05) is 29.8 Å². The highest BCUT2D eigenvalue weighted by atomic mass is 35.5. The van der Waals surface area contributed by atoms with Crippen LogP contribution in [0.25, 0.3) is 0 Å². The Kier molecular flexibility index (Phi) is 5.51. The Morgan fingerprint density at radius 1 is 1.23 bits per heavy atom. The first kappa shape index (κ1) is 16.4. The van der Waals surface area contributed by atoms with Crippen LogP contribution in [-0.2, 0) is 0 Å². The lowest BCUT2D eigenvalue weighted by atomic mass is 10.0. The van der Waals surface area contributed by atoms with Gasteiger partial charge in [0.25, 0.3) is 0 Å². The summed E-state index contributed by atoms with van der Waals surface area (Å²) in [6.45, 7) is 1.78. The van der Waals surface area contributed by atoms with Crippen LogP contribution in [0.3, 0.4) is 0 Å². The van der Waals surface area contributed by atoms with Crippen molar-refractivity contribution in [2.75, 3.05) is 6.61 Å². The molecule has 0 spiro atoms. The molecule has 2 atom stereocenters. The Morgan fingerprint density at radius 3 is 2.41 bits per heavy atom. The number of hydrogen-bond acceptors (Lipinski definition) is 3. The summed E-state index contributed by atoms with van der Waals surface area (Å²) in [7, 11) is 0.